The van der Waals surface area contributed by atoms with Crippen LogP contribution in [0.25, 0.3) is 0 Å². The van der Waals surface area contributed by atoms with Crippen molar-refractivity contribution >= 4 is 24.2 Å². The molecule has 0 atom stereocenters. The summed E-state index contributed by atoms with van der Waals surface area (Å²) in [5.74, 6) is -0.366. The topological polar surface area (TPSA) is 58.9 Å². The Kier molecular flexibility index (Phi) is 6.59. The van der Waals surface area contributed by atoms with Crippen LogP contribution in [-0.2, 0) is 9.59 Å². The van der Waals surface area contributed by atoms with E-state index in [9.17, 15) is 9.59 Å². The van der Waals surface area contributed by atoms with Gasteiger partial charge in [-0.15, -0.1) is 0 Å². The summed E-state index contributed by atoms with van der Waals surface area (Å²) >= 11 is 0. The van der Waals surface area contributed by atoms with Crippen LogP contribution < -0.4 is 0 Å². The maximum atomic E-state index is 10.4. The number of nitrogens with zero attached hydrogens (tertiary/aromatic N) is 2. The van der Waals surface area contributed by atoms with E-state index in [4.69, 9.17) is 0 Å². The summed E-state index contributed by atoms with van der Waals surface area (Å²) in [6, 6.07) is 0. The van der Waals surface area contributed by atoms with E-state index in [0.29, 0.717) is 0 Å². The lowest BCUT2D eigenvalue weighted by molar-refractivity contribution is -0.116. The number of carbonyl (C=O) groups is 2. The Labute approximate surface area is 77.8 Å². The molecule has 0 saturated carbocycles. The normalized spacial score (nSPS) is 11.2. The summed E-state index contributed by atoms with van der Waals surface area (Å²) in [5, 5.41) is 0. The molecular formula is C9H14N2O2. The Bertz CT molecular complexity index is 208. The number of hydrogen-bond acceptors (Lipinski definition) is 2. The average molecular weight is 182 g/mol. The van der Waals surface area contributed by atoms with Gasteiger partial charge in [0.1, 0.15) is 0 Å². The standard InChI is InChI=1S/C9H14N2O2/c1-8(12)10-6-4-3-5-7-11-9(2)13/h6-7H,3-5H2,1-2H3. The maximum Gasteiger partial charge on any atom is 0.242 e. The molecule has 13 heavy (non-hydrogen) atoms. The van der Waals surface area contributed by atoms with Gasteiger partial charge in [-0.3, -0.25) is 9.59 Å². The van der Waals surface area contributed by atoms with E-state index in [2.05, 4.69) is 9.98 Å². The van der Waals surface area contributed by atoms with E-state index in [0.717, 1.165) is 19.3 Å². The van der Waals surface area contributed by atoms with Gasteiger partial charge < -0.3 is 0 Å². The van der Waals surface area contributed by atoms with Gasteiger partial charge in [0.2, 0.25) is 11.8 Å². The predicted molar refractivity (Wildman–Crippen MR) is 52.2 cm³/mol. The monoisotopic (exact) mass is 182 g/mol. The van der Waals surface area contributed by atoms with Gasteiger partial charge in [0, 0.05) is 26.3 Å². The van der Waals surface area contributed by atoms with Crippen LogP contribution in [0.2, 0.25) is 0 Å². The fourth-order valence-electron chi connectivity index (χ4n) is 0.687. The summed E-state index contributed by atoms with van der Waals surface area (Å²) < 4.78 is 0. The predicted octanol–water partition coefficient (Wildman–Crippen LogP) is 1.39. The van der Waals surface area contributed by atoms with Crippen molar-refractivity contribution in [3.63, 3.8) is 0 Å². The highest BCUT2D eigenvalue weighted by atomic mass is 16.1. The smallest absolute Gasteiger partial charge is 0.242 e. The zero-order valence-corrected chi connectivity index (χ0v) is 7.99. The van der Waals surface area contributed by atoms with E-state index < -0.39 is 0 Å². The number of carbonyl (C=O) groups excluding carboxylic acids is 2. The minimum Gasteiger partial charge on any atom is -0.273 e. The SMILES string of the molecule is CC(=O)N=CCCCC=NC(C)=O. The highest BCUT2D eigenvalue weighted by molar-refractivity contribution is 5.83. The largest absolute Gasteiger partial charge is 0.273 e. The first-order valence-corrected chi connectivity index (χ1v) is 4.19. The van der Waals surface area contributed by atoms with Gasteiger partial charge in [-0.1, -0.05) is 0 Å². The lowest BCUT2D eigenvalue weighted by Crippen LogP contribution is -1.87. The molecule has 4 heteroatoms. The summed E-state index contributed by atoms with van der Waals surface area (Å²) in [5.41, 5.74) is 0. The quantitative estimate of drug-likeness (QED) is 0.487. The van der Waals surface area contributed by atoms with E-state index >= 15 is 0 Å². The van der Waals surface area contributed by atoms with Crippen molar-refractivity contribution in [2.45, 2.75) is 33.1 Å². The van der Waals surface area contributed by atoms with Crippen LogP contribution in [0.15, 0.2) is 9.98 Å². The van der Waals surface area contributed by atoms with Crippen LogP contribution >= 0.6 is 0 Å². The van der Waals surface area contributed by atoms with Crippen LogP contribution in [0.5, 0.6) is 0 Å². The highest BCUT2D eigenvalue weighted by Crippen LogP contribution is 1.90. The second-order valence-corrected chi connectivity index (χ2v) is 2.59. The molecule has 0 rings (SSSR count). The molecule has 0 bridgehead atoms. The molecule has 0 N–H and O–H groups in total. The summed E-state index contributed by atoms with van der Waals surface area (Å²) in [6.45, 7) is 2.82. The number of amides is 2. The minimum absolute atomic E-state index is 0.183. The zero-order valence-electron chi connectivity index (χ0n) is 7.99. The molecule has 2 amide bonds. The van der Waals surface area contributed by atoms with Crippen molar-refractivity contribution < 1.29 is 9.59 Å². The highest BCUT2D eigenvalue weighted by Gasteiger charge is 1.85. The molecule has 72 valence electrons. The third-order valence-electron chi connectivity index (χ3n) is 1.21. The Morgan fingerprint density at radius 1 is 1.00 bits per heavy atom. The number of hydrogen-bond donors (Lipinski definition) is 0. The van der Waals surface area contributed by atoms with Gasteiger partial charge in [0.25, 0.3) is 0 Å². The van der Waals surface area contributed by atoms with Crippen LogP contribution in [0.1, 0.15) is 33.1 Å². The van der Waals surface area contributed by atoms with E-state index in [1.807, 2.05) is 0 Å². The van der Waals surface area contributed by atoms with Gasteiger partial charge >= 0.3 is 0 Å². The first-order chi connectivity index (χ1) is 6.13. The molecule has 0 aromatic carbocycles. The van der Waals surface area contributed by atoms with Crippen LogP contribution in [-0.4, -0.2) is 24.2 Å². The lowest BCUT2D eigenvalue weighted by atomic mass is 10.2. The van der Waals surface area contributed by atoms with Crippen LogP contribution in [0.4, 0.5) is 0 Å². The second-order valence-electron chi connectivity index (χ2n) is 2.59. The summed E-state index contributed by atoms with van der Waals surface area (Å²) in [7, 11) is 0. The molecular weight excluding hydrogens is 168 g/mol. The molecule has 0 heterocycles. The van der Waals surface area contributed by atoms with Crippen molar-refractivity contribution in [1.82, 2.24) is 0 Å². The van der Waals surface area contributed by atoms with Gasteiger partial charge in [-0.2, -0.15) is 0 Å². The number of aliphatic imine (C=N–C) groups is 2. The Morgan fingerprint density at radius 2 is 1.38 bits per heavy atom. The third kappa shape index (κ3) is 10.7. The summed E-state index contributed by atoms with van der Waals surface area (Å²) in [6.07, 6.45) is 5.51. The lowest BCUT2D eigenvalue weighted by Gasteiger charge is -1.87. The molecule has 0 fully saturated rings. The van der Waals surface area contributed by atoms with Crippen molar-refractivity contribution in [2.75, 3.05) is 0 Å². The van der Waals surface area contributed by atoms with Gasteiger partial charge in [0.05, 0.1) is 0 Å². The van der Waals surface area contributed by atoms with Crippen molar-refractivity contribution in [3.8, 4) is 0 Å². The first kappa shape index (κ1) is 11.7. The molecule has 0 aliphatic rings. The second kappa shape index (κ2) is 7.34. The fourth-order valence-corrected chi connectivity index (χ4v) is 0.687. The summed E-state index contributed by atoms with van der Waals surface area (Å²) in [4.78, 5) is 27.9. The first-order valence-electron chi connectivity index (χ1n) is 4.19. The van der Waals surface area contributed by atoms with Crippen LogP contribution in [0.3, 0.4) is 0 Å². The van der Waals surface area contributed by atoms with Crippen LogP contribution in [0, 0.1) is 0 Å². The van der Waals surface area contributed by atoms with E-state index in [1.165, 1.54) is 13.8 Å². The zero-order chi connectivity index (χ0) is 10.1. The molecule has 0 spiro atoms. The van der Waals surface area contributed by atoms with Gasteiger partial charge in [-0.25, -0.2) is 9.98 Å². The molecule has 0 aromatic rings. The molecule has 0 unspecified atom stereocenters. The minimum atomic E-state index is -0.183. The van der Waals surface area contributed by atoms with E-state index in [-0.39, 0.29) is 11.8 Å². The number of rotatable bonds is 4. The van der Waals surface area contributed by atoms with Gasteiger partial charge in [0.15, 0.2) is 0 Å². The third-order valence-corrected chi connectivity index (χ3v) is 1.21. The molecule has 0 aliphatic carbocycles. The fraction of sp³-hybridized carbons (Fsp3) is 0.556. The molecule has 0 aromatic heterocycles. The molecule has 0 radical (unpaired) electrons. The Hall–Kier alpha value is -1.32. The molecule has 0 aliphatic heterocycles. The molecule has 0 saturated heterocycles. The van der Waals surface area contributed by atoms with E-state index in [1.54, 1.807) is 12.4 Å². The van der Waals surface area contributed by atoms with Crippen molar-refractivity contribution in [2.24, 2.45) is 9.98 Å². The molecule has 4 nitrogen and oxygen atoms in total. The Morgan fingerprint density at radius 3 is 1.69 bits per heavy atom. The van der Waals surface area contributed by atoms with Gasteiger partial charge in [-0.05, 0) is 19.3 Å². The van der Waals surface area contributed by atoms with Crippen molar-refractivity contribution in [3.05, 3.63) is 0 Å². The number of unbranched alkanes of at least 4 members (excludes halogenated alkanes) is 2. The Balaban J connectivity index is 3.36. The average Bonchev–Trinajstić information content (AvgIpc) is 2.01. The maximum absolute atomic E-state index is 10.4. The van der Waals surface area contributed by atoms with Crippen molar-refractivity contribution in [1.29, 1.82) is 0 Å².